The Kier molecular flexibility index (Phi) is 5.61. The van der Waals surface area contributed by atoms with Gasteiger partial charge < -0.3 is 4.90 Å². The number of carbonyl (C=O) groups is 1. The second kappa shape index (κ2) is 8.69. The molecule has 0 saturated carbocycles. The maximum atomic E-state index is 13.3. The van der Waals surface area contributed by atoms with Gasteiger partial charge in [-0.3, -0.25) is 9.36 Å². The van der Waals surface area contributed by atoms with Crippen LogP contribution in [-0.2, 0) is 17.6 Å². The lowest BCUT2D eigenvalue weighted by Crippen LogP contribution is -2.35. The second-order valence-electron chi connectivity index (χ2n) is 7.45. The molecule has 7 heteroatoms. The van der Waals surface area contributed by atoms with E-state index in [-0.39, 0.29) is 11.2 Å². The molecule has 5 nitrogen and oxygen atoms in total. The molecule has 0 aliphatic carbocycles. The van der Waals surface area contributed by atoms with Crippen molar-refractivity contribution in [3.8, 4) is 5.69 Å². The van der Waals surface area contributed by atoms with Gasteiger partial charge in [0.15, 0.2) is 5.16 Å². The standard InChI is InChI=1S/C24H22N4OS2/c1-17(23(29)27-14-13-18-8-5-6-12-21(18)27)31-24-26-25-22(16-20-11-7-15-30-20)28(24)19-9-3-2-4-10-19/h2-12,15,17H,13-14,16H2,1H3/t17-/m1/s1. The van der Waals surface area contributed by atoms with Crippen LogP contribution in [0.5, 0.6) is 0 Å². The summed E-state index contributed by atoms with van der Waals surface area (Å²) in [6, 6.07) is 22.4. The smallest absolute Gasteiger partial charge is 0.240 e. The number of nitrogens with zero attached hydrogens (tertiary/aromatic N) is 4. The Hall–Kier alpha value is -2.90. The summed E-state index contributed by atoms with van der Waals surface area (Å²) < 4.78 is 2.08. The number of benzene rings is 2. The molecular formula is C24H22N4OS2. The van der Waals surface area contributed by atoms with Gasteiger partial charge in [-0.2, -0.15) is 0 Å². The molecule has 2 aromatic carbocycles. The molecule has 3 heterocycles. The minimum atomic E-state index is -0.271. The zero-order chi connectivity index (χ0) is 21.2. The third-order valence-corrected chi connectivity index (χ3v) is 7.32. The molecule has 4 aromatic rings. The van der Waals surface area contributed by atoms with E-state index in [1.807, 2.05) is 54.3 Å². The maximum absolute atomic E-state index is 13.3. The minimum absolute atomic E-state index is 0.109. The number of thioether (sulfide) groups is 1. The van der Waals surface area contributed by atoms with Crippen LogP contribution in [0.3, 0.4) is 0 Å². The maximum Gasteiger partial charge on any atom is 0.240 e. The summed E-state index contributed by atoms with van der Waals surface area (Å²) in [4.78, 5) is 16.4. The van der Waals surface area contributed by atoms with Crippen molar-refractivity contribution >= 4 is 34.7 Å². The number of rotatable bonds is 6. The van der Waals surface area contributed by atoms with Crippen molar-refractivity contribution in [2.75, 3.05) is 11.4 Å². The third-order valence-electron chi connectivity index (χ3n) is 5.41. The summed E-state index contributed by atoms with van der Waals surface area (Å²) in [6.45, 7) is 2.69. The minimum Gasteiger partial charge on any atom is -0.311 e. The average Bonchev–Trinajstić information content (AvgIpc) is 3.54. The number of thiophene rings is 1. The van der Waals surface area contributed by atoms with Gasteiger partial charge in [0.1, 0.15) is 5.82 Å². The van der Waals surface area contributed by atoms with Gasteiger partial charge in [-0.15, -0.1) is 21.5 Å². The van der Waals surface area contributed by atoms with E-state index < -0.39 is 0 Å². The van der Waals surface area contributed by atoms with E-state index in [0.717, 1.165) is 35.3 Å². The van der Waals surface area contributed by atoms with Crippen molar-refractivity contribution in [3.05, 3.63) is 88.4 Å². The SMILES string of the molecule is C[C@@H](Sc1nnc(Cc2cccs2)n1-c1ccccc1)C(=O)N1CCc2ccccc21. The Labute approximate surface area is 189 Å². The highest BCUT2D eigenvalue weighted by molar-refractivity contribution is 8.00. The number of carbonyl (C=O) groups excluding carboxylic acids is 1. The Morgan fingerprint density at radius 2 is 1.87 bits per heavy atom. The fourth-order valence-corrected chi connectivity index (χ4v) is 5.54. The lowest BCUT2D eigenvalue weighted by atomic mass is 10.2. The van der Waals surface area contributed by atoms with E-state index in [0.29, 0.717) is 6.42 Å². The number of aromatic nitrogens is 3. The van der Waals surface area contributed by atoms with Crippen LogP contribution in [0, 0.1) is 0 Å². The highest BCUT2D eigenvalue weighted by atomic mass is 32.2. The van der Waals surface area contributed by atoms with E-state index in [4.69, 9.17) is 0 Å². The van der Waals surface area contributed by atoms with Gasteiger partial charge in [-0.05, 0) is 48.6 Å². The normalized spacial score (nSPS) is 13.9. The average molecular weight is 447 g/mol. The zero-order valence-corrected chi connectivity index (χ0v) is 18.8. The molecule has 0 bridgehead atoms. The number of hydrogen-bond donors (Lipinski definition) is 0. The third kappa shape index (κ3) is 4.03. The molecule has 1 aliphatic rings. The lowest BCUT2D eigenvalue weighted by molar-refractivity contribution is -0.117. The van der Waals surface area contributed by atoms with Crippen molar-refractivity contribution in [1.29, 1.82) is 0 Å². The van der Waals surface area contributed by atoms with Crippen LogP contribution >= 0.6 is 23.1 Å². The van der Waals surface area contributed by atoms with E-state index in [2.05, 4.69) is 44.4 Å². The van der Waals surface area contributed by atoms with Crippen LogP contribution in [0.2, 0.25) is 0 Å². The Morgan fingerprint density at radius 1 is 1.06 bits per heavy atom. The van der Waals surface area contributed by atoms with Gasteiger partial charge in [0.2, 0.25) is 5.91 Å². The number of para-hydroxylation sites is 2. The predicted molar refractivity (Wildman–Crippen MR) is 126 cm³/mol. The molecule has 0 saturated heterocycles. The first-order valence-electron chi connectivity index (χ1n) is 10.3. The van der Waals surface area contributed by atoms with Gasteiger partial charge in [0.05, 0.1) is 5.25 Å². The first-order valence-corrected chi connectivity index (χ1v) is 12.0. The monoisotopic (exact) mass is 446 g/mol. The molecule has 156 valence electrons. The fraction of sp³-hybridized carbons (Fsp3) is 0.208. The fourth-order valence-electron chi connectivity index (χ4n) is 3.89. The second-order valence-corrected chi connectivity index (χ2v) is 9.79. The molecule has 2 aromatic heterocycles. The quantitative estimate of drug-likeness (QED) is 0.392. The molecule has 1 amide bonds. The predicted octanol–water partition coefficient (Wildman–Crippen LogP) is 4.99. The van der Waals surface area contributed by atoms with E-state index in [1.54, 1.807) is 11.3 Å². The lowest BCUT2D eigenvalue weighted by Gasteiger charge is -2.21. The zero-order valence-electron chi connectivity index (χ0n) is 17.1. The molecule has 31 heavy (non-hydrogen) atoms. The number of fused-ring (bicyclic) bond motifs is 1. The van der Waals surface area contributed by atoms with Crippen molar-refractivity contribution in [3.63, 3.8) is 0 Å². The highest BCUT2D eigenvalue weighted by Gasteiger charge is 2.29. The van der Waals surface area contributed by atoms with Gasteiger partial charge in [0, 0.05) is 29.2 Å². The van der Waals surface area contributed by atoms with E-state index in [9.17, 15) is 4.79 Å². The van der Waals surface area contributed by atoms with Gasteiger partial charge >= 0.3 is 0 Å². The van der Waals surface area contributed by atoms with Crippen molar-refractivity contribution in [1.82, 2.24) is 14.8 Å². The number of hydrogen-bond acceptors (Lipinski definition) is 5. The van der Waals surface area contributed by atoms with Crippen LogP contribution in [0.15, 0.2) is 77.3 Å². The summed E-state index contributed by atoms with van der Waals surface area (Å²) >= 11 is 3.18. The molecule has 1 aliphatic heterocycles. The molecule has 0 spiro atoms. The van der Waals surface area contributed by atoms with Gasteiger partial charge in [0.25, 0.3) is 0 Å². The topological polar surface area (TPSA) is 51.0 Å². The highest BCUT2D eigenvalue weighted by Crippen LogP contribution is 2.32. The van der Waals surface area contributed by atoms with Crippen LogP contribution in [0.1, 0.15) is 23.2 Å². The van der Waals surface area contributed by atoms with Crippen LogP contribution in [-0.4, -0.2) is 32.5 Å². The summed E-state index contributed by atoms with van der Waals surface area (Å²) in [5, 5.41) is 11.5. The van der Waals surface area contributed by atoms with Crippen molar-refractivity contribution in [2.45, 2.75) is 30.2 Å². The van der Waals surface area contributed by atoms with Crippen LogP contribution in [0.4, 0.5) is 5.69 Å². The Bertz CT molecular complexity index is 1190. The largest absolute Gasteiger partial charge is 0.311 e. The number of anilines is 1. The summed E-state index contributed by atoms with van der Waals surface area (Å²) in [7, 11) is 0. The molecule has 0 unspecified atom stereocenters. The van der Waals surface area contributed by atoms with E-state index >= 15 is 0 Å². The van der Waals surface area contributed by atoms with Gasteiger partial charge in [-0.25, -0.2) is 0 Å². The summed E-state index contributed by atoms with van der Waals surface area (Å²) in [6.07, 6.45) is 1.62. The summed E-state index contributed by atoms with van der Waals surface area (Å²) in [5.41, 5.74) is 3.27. The Morgan fingerprint density at radius 3 is 2.68 bits per heavy atom. The first kappa shape index (κ1) is 20.0. The first-order chi connectivity index (χ1) is 15.2. The van der Waals surface area contributed by atoms with Crippen molar-refractivity contribution in [2.24, 2.45) is 0 Å². The van der Waals surface area contributed by atoms with Gasteiger partial charge in [-0.1, -0.05) is 54.2 Å². The van der Waals surface area contributed by atoms with Crippen LogP contribution in [0.25, 0.3) is 5.69 Å². The molecular weight excluding hydrogens is 424 g/mol. The van der Waals surface area contributed by atoms with Crippen LogP contribution < -0.4 is 4.90 Å². The van der Waals surface area contributed by atoms with E-state index in [1.165, 1.54) is 22.2 Å². The molecule has 0 radical (unpaired) electrons. The molecule has 5 rings (SSSR count). The molecule has 0 fully saturated rings. The van der Waals surface area contributed by atoms with Crippen molar-refractivity contribution < 1.29 is 4.79 Å². The summed E-state index contributed by atoms with van der Waals surface area (Å²) in [5.74, 6) is 0.986. The number of amides is 1. The molecule has 1 atom stereocenters. The Balaban J connectivity index is 1.42. The molecule has 0 N–H and O–H groups in total.